The Morgan fingerprint density at radius 2 is 1.75 bits per heavy atom. The molecule has 16 heavy (non-hydrogen) atoms. The van der Waals surface area contributed by atoms with Crippen LogP contribution in [0.2, 0.25) is 0 Å². The zero-order chi connectivity index (χ0) is 13.1. The molecule has 0 aliphatic rings. The van der Waals surface area contributed by atoms with Gasteiger partial charge in [-0.25, -0.2) is 0 Å². The molecule has 0 aromatic heterocycles. The summed E-state index contributed by atoms with van der Waals surface area (Å²) in [5, 5.41) is 0. The fourth-order valence-corrected chi connectivity index (χ4v) is 1.75. The van der Waals surface area contributed by atoms with Crippen molar-refractivity contribution in [3.05, 3.63) is 0 Å². The molecule has 0 fully saturated rings. The average Bonchev–Trinajstić information content (AvgIpc) is 1.93. The van der Waals surface area contributed by atoms with E-state index in [0.29, 0.717) is 6.54 Å². The first-order chi connectivity index (χ1) is 6.93. The zero-order valence-corrected chi connectivity index (χ0v) is 10.9. The smallest absolute Gasteiger partial charge is 0.393 e. The van der Waals surface area contributed by atoms with Gasteiger partial charge in [0.25, 0.3) is 0 Å². The minimum Gasteiger partial charge on any atom is -0.393 e. The Morgan fingerprint density at radius 1 is 1.31 bits per heavy atom. The molecule has 2 N–H and O–H groups in total. The summed E-state index contributed by atoms with van der Waals surface area (Å²) in [7, 11) is 1.64. The third-order valence-corrected chi connectivity index (χ3v) is 2.26. The highest BCUT2D eigenvalue weighted by Crippen LogP contribution is 2.27. The predicted octanol–water partition coefficient (Wildman–Crippen LogP) is 2.43. The lowest BCUT2D eigenvalue weighted by atomic mass is 9.95. The van der Waals surface area contributed by atoms with Crippen molar-refractivity contribution in [3.63, 3.8) is 0 Å². The van der Waals surface area contributed by atoms with Crippen LogP contribution in [0.4, 0.5) is 13.2 Å². The van der Waals surface area contributed by atoms with Crippen LogP contribution in [0.25, 0.3) is 0 Å². The fraction of sp³-hybridized carbons (Fsp3) is 0.900. The minimum atomic E-state index is -4.36. The van der Waals surface area contributed by atoms with Gasteiger partial charge in [0, 0.05) is 13.1 Å². The Balaban J connectivity index is 4.49. The van der Waals surface area contributed by atoms with Crippen molar-refractivity contribution < 1.29 is 13.2 Å². The number of nitrogens with zero attached hydrogens (tertiary/aromatic N) is 1. The summed E-state index contributed by atoms with van der Waals surface area (Å²) < 4.78 is 37.7. The third kappa shape index (κ3) is 6.27. The molecule has 0 aliphatic carbocycles. The zero-order valence-electron chi connectivity index (χ0n) is 10.1. The summed E-state index contributed by atoms with van der Waals surface area (Å²) in [4.78, 5) is 1.12. The number of nitrogens with two attached hydrogens (primary N) is 1. The first kappa shape index (κ1) is 15.6. The number of alkyl halides is 3. The molecule has 1 unspecified atom stereocenters. The van der Waals surface area contributed by atoms with Gasteiger partial charge in [-0.2, -0.15) is 13.2 Å². The normalized spacial score (nSPS) is 15.2. The van der Waals surface area contributed by atoms with E-state index in [9.17, 15) is 13.2 Å². The summed E-state index contributed by atoms with van der Waals surface area (Å²) >= 11 is 4.46. The van der Waals surface area contributed by atoms with E-state index in [4.69, 9.17) is 5.73 Å². The van der Waals surface area contributed by atoms with Crippen LogP contribution in [0.1, 0.15) is 20.8 Å². The molecule has 0 aliphatic heterocycles. The summed E-state index contributed by atoms with van der Waals surface area (Å²) in [5.41, 5.74) is 5.07. The number of hydrogen-bond donors (Lipinski definition) is 1. The second kappa shape index (κ2) is 5.31. The summed E-state index contributed by atoms with van der Waals surface area (Å²) in [5.74, 6) is -1.73. The van der Waals surface area contributed by atoms with Crippen molar-refractivity contribution in [1.29, 1.82) is 0 Å². The van der Waals surface area contributed by atoms with Crippen molar-refractivity contribution in [1.82, 2.24) is 4.90 Å². The van der Waals surface area contributed by atoms with Gasteiger partial charge >= 0.3 is 6.18 Å². The van der Waals surface area contributed by atoms with Crippen molar-refractivity contribution in [2.45, 2.75) is 26.9 Å². The van der Waals surface area contributed by atoms with E-state index in [0.717, 1.165) is 0 Å². The molecule has 96 valence electrons. The van der Waals surface area contributed by atoms with Gasteiger partial charge in [-0.15, -0.1) is 0 Å². The molecule has 0 saturated carbocycles. The third-order valence-electron chi connectivity index (χ3n) is 1.98. The lowest BCUT2D eigenvalue weighted by molar-refractivity contribution is -0.159. The lowest BCUT2D eigenvalue weighted by Gasteiger charge is -2.30. The maximum absolute atomic E-state index is 12.6. The van der Waals surface area contributed by atoms with Gasteiger partial charge in [0.05, 0.1) is 4.99 Å². The topological polar surface area (TPSA) is 29.3 Å². The van der Waals surface area contributed by atoms with Crippen molar-refractivity contribution in [2.75, 3.05) is 20.1 Å². The molecule has 0 radical (unpaired) electrons. The SMILES string of the molecule is CN(CC(C(N)=S)C(F)(F)F)CC(C)(C)C. The van der Waals surface area contributed by atoms with E-state index in [1.165, 1.54) is 0 Å². The molecule has 0 saturated heterocycles. The Bertz CT molecular complexity index is 245. The summed E-state index contributed by atoms with van der Waals surface area (Å²) in [6, 6.07) is 0. The molecule has 0 aromatic carbocycles. The second-order valence-electron chi connectivity index (χ2n) is 5.25. The minimum absolute atomic E-state index is 0.0544. The number of halogens is 3. The van der Waals surface area contributed by atoms with Crippen LogP contribution in [0.3, 0.4) is 0 Å². The van der Waals surface area contributed by atoms with Gasteiger partial charge in [0.2, 0.25) is 0 Å². The van der Waals surface area contributed by atoms with Crippen LogP contribution >= 0.6 is 12.2 Å². The molecule has 0 amide bonds. The van der Waals surface area contributed by atoms with Crippen LogP contribution in [-0.2, 0) is 0 Å². The number of hydrogen-bond acceptors (Lipinski definition) is 2. The molecule has 0 spiro atoms. The highest BCUT2D eigenvalue weighted by atomic mass is 32.1. The highest BCUT2D eigenvalue weighted by molar-refractivity contribution is 7.80. The maximum Gasteiger partial charge on any atom is 0.399 e. The Hall–Kier alpha value is -0.360. The predicted molar refractivity (Wildman–Crippen MR) is 63.3 cm³/mol. The van der Waals surface area contributed by atoms with Crippen LogP contribution in [-0.4, -0.2) is 36.2 Å². The summed E-state index contributed by atoms with van der Waals surface area (Å²) in [6.45, 7) is 6.27. The Morgan fingerprint density at radius 3 is 2.00 bits per heavy atom. The maximum atomic E-state index is 12.6. The molecular formula is C10H19F3N2S. The van der Waals surface area contributed by atoms with Crippen molar-refractivity contribution in [2.24, 2.45) is 17.1 Å². The monoisotopic (exact) mass is 256 g/mol. The van der Waals surface area contributed by atoms with Crippen LogP contribution in [0.15, 0.2) is 0 Å². The Labute approximate surface area is 100.0 Å². The van der Waals surface area contributed by atoms with E-state index < -0.39 is 17.1 Å². The van der Waals surface area contributed by atoms with E-state index in [2.05, 4.69) is 12.2 Å². The molecule has 0 rings (SSSR count). The van der Waals surface area contributed by atoms with E-state index in [1.54, 1.807) is 11.9 Å². The first-order valence-corrected chi connectivity index (χ1v) is 5.39. The molecule has 6 heteroatoms. The van der Waals surface area contributed by atoms with E-state index in [-0.39, 0.29) is 12.0 Å². The van der Waals surface area contributed by atoms with Crippen LogP contribution in [0.5, 0.6) is 0 Å². The van der Waals surface area contributed by atoms with E-state index in [1.807, 2.05) is 20.8 Å². The largest absolute Gasteiger partial charge is 0.399 e. The first-order valence-electron chi connectivity index (χ1n) is 4.98. The quantitative estimate of drug-likeness (QED) is 0.783. The molecular weight excluding hydrogens is 237 g/mol. The van der Waals surface area contributed by atoms with Crippen LogP contribution < -0.4 is 5.73 Å². The van der Waals surface area contributed by atoms with Gasteiger partial charge in [0.1, 0.15) is 5.92 Å². The van der Waals surface area contributed by atoms with Gasteiger partial charge in [-0.3, -0.25) is 0 Å². The van der Waals surface area contributed by atoms with Crippen LogP contribution in [0, 0.1) is 11.3 Å². The molecule has 2 nitrogen and oxygen atoms in total. The molecule has 0 aromatic rings. The molecule has 1 atom stereocenters. The molecule has 0 heterocycles. The standard InChI is InChI=1S/C10H19F3N2S/c1-9(2,3)6-15(4)5-7(8(14)16)10(11,12)13/h7H,5-6H2,1-4H3,(H2,14,16). The second-order valence-corrected chi connectivity index (χ2v) is 5.73. The Kier molecular flexibility index (Phi) is 5.19. The number of rotatable bonds is 4. The van der Waals surface area contributed by atoms with Gasteiger partial charge in [-0.05, 0) is 12.5 Å². The number of thiocarbonyl (C=S) groups is 1. The van der Waals surface area contributed by atoms with Crippen molar-refractivity contribution in [3.8, 4) is 0 Å². The summed E-state index contributed by atoms with van der Waals surface area (Å²) in [6.07, 6.45) is -4.36. The fourth-order valence-electron chi connectivity index (χ4n) is 1.54. The van der Waals surface area contributed by atoms with Gasteiger partial charge in [0.15, 0.2) is 0 Å². The van der Waals surface area contributed by atoms with Gasteiger partial charge in [-0.1, -0.05) is 33.0 Å². The average molecular weight is 256 g/mol. The van der Waals surface area contributed by atoms with Crippen molar-refractivity contribution >= 4 is 17.2 Å². The highest BCUT2D eigenvalue weighted by Gasteiger charge is 2.42. The lowest BCUT2D eigenvalue weighted by Crippen LogP contribution is -2.44. The molecule has 0 bridgehead atoms. The van der Waals surface area contributed by atoms with E-state index >= 15 is 0 Å². The van der Waals surface area contributed by atoms with Gasteiger partial charge < -0.3 is 10.6 Å².